The van der Waals surface area contributed by atoms with E-state index in [0.29, 0.717) is 25.2 Å². The van der Waals surface area contributed by atoms with Crippen LogP contribution < -0.4 is 15.0 Å². The van der Waals surface area contributed by atoms with Crippen LogP contribution in [0.5, 0.6) is 5.75 Å². The van der Waals surface area contributed by atoms with E-state index in [0.717, 1.165) is 24.5 Å². The van der Waals surface area contributed by atoms with Crippen molar-refractivity contribution in [3.63, 3.8) is 0 Å². The number of piperazine rings is 1. The number of nitrogens with one attached hydrogen (secondary N) is 2. The van der Waals surface area contributed by atoms with Crippen molar-refractivity contribution in [2.75, 3.05) is 45.2 Å². The van der Waals surface area contributed by atoms with Crippen LogP contribution in [0.4, 0.5) is 5.69 Å². The van der Waals surface area contributed by atoms with Gasteiger partial charge in [0, 0.05) is 11.3 Å². The van der Waals surface area contributed by atoms with Crippen LogP contribution in [0.1, 0.15) is 10.4 Å². The molecule has 3 rings (SSSR count). The monoisotopic (exact) mass is 354 g/mol. The Kier molecular flexibility index (Phi) is 5.86. The molecule has 26 heavy (non-hydrogen) atoms. The molecule has 2 amide bonds. The summed E-state index contributed by atoms with van der Waals surface area (Å²) in [5.74, 6) is 0.799. The SMILES string of the molecule is COc1ccc(NC(=O)C[NH+]2CCN(C(=O)c3ccccc3)CC2)cc1. The number of quaternary nitrogens is 1. The highest BCUT2D eigenvalue weighted by molar-refractivity contribution is 5.94. The van der Waals surface area contributed by atoms with Crippen LogP contribution in [0.25, 0.3) is 0 Å². The molecule has 1 fully saturated rings. The molecule has 0 bridgehead atoms. The van der Waals surface area contributed by atoms with Gasteiger partial charge in [-0.1, -0.05) is 18.2 Å². The summed E-state index contributed by atoms with van der Waals surface area (Å²) in [7, 11) is 1.61. The van der Waals surface area contributed by atoms with E-state index < -0.39 is 0 Å². The van der Waals surface area contributed by atoms with E-state index in [9.17, 15) is 9.59 Å². The number of anilines is 1. The topological polar surface area (TPSA) is 63.1 Å². The number of hydrogen-bond acceptors (Lipinski definition) is 3. The summed E-state index contributed by atoms with van der Waals surface area (Å²) >= 11 is 0. The molecule has 2 N–H and O–H groups in total. The predicted octanol–water partition coefficient (Wildman–Crippen LogP) is 0.675. The van der Waals surface area contributed by atoms with Crippen molar-refractivity contribution in [3.05, 3.63) is 60.2 Å². The molecule has 1 aliphatic heterocycles. The van der Waals surface area contributed by atoms with Crippen molar-refractivity contribution in [1.29, 1.82) is 0 Å². The van der Waals surface area contributed by atoms with Gasteiger partial charge in [-0.2, -0.15) is 0 Å². The molecule has 0 radical (unpaired) electrons. The molecule has 0 saturated carbocycles. The zero-order chi connectivity index (χ0) is 18.4. The fraction of sp³-hybridized carbons (Fsp3) is 0.300. The number of hydrogen-bond donors (Lipinski definition) is 2. The zero-order valence-electron chi connectivity index (χ0n) is 14.9. The van der Waals surface area contributed by atoms with Crippen molar-refractivity contribution < 1.29 is 19.2 Å². The number of benzene rings is 2. The lowest BCUT2D eigenvalue weighted by molar-refractivity contribution is -0.895. The first-order chi connectivity index (χ1) is 12.7. The number of carbonyl (C=O) groups excluding carboxylic acids is 2. The van der Waals surface area contributed by atoms with Gasteiger partial charge in [-0.3, -0.25) is 9.59 Å². The van der Waals surface area contributed by atoms with Crippen LogP contribution >= 0.6 is 0 Å². The van der Waals surface area contributed by atoms with Gasteiger partial charge < -0.3 is 19.9 Å². The molecule has 0 unspecified atom stereocenters. The molecule has 0 spiro atoms. The maximum absolute atomic E-state index is 12.4. The zero-order valence-corrected chi connectivity index (χ0v) is 14.9. The van der Waals surface area contributed by atoms with Crippen LogP contribution in [0.2, 0.25) is 0 Å². The number of carbonyl (C=O) groups is 2. The molecule has 136 valence electrons. The van der Waals surface area contributed by atoms with E-state index in [1.165, 1.54) is 4.90 Å². The summed E-state index contributed by atoms with van der Waals surface area (Å²) in [4.78, 5) is 27.7. The van der Waals surface area contributed by atoms with E-state index in [2.05, 4.69) is 5.32 Å². The number of methoxy groups -OCH3 is 1. The average Bonchev–Trinajstić information content (AvgIpc) is 2.69. The molecule has 0 atom stereocenters. The summed E-state index contributed by atoms with van der Waals surface area (Å²) in [5, 5.41) is 2.90. The lowest BCUT2D eigenvalue weighted by atomic mass is 10.2. The normalized spacial score (nSPS) is 14.7. The smallest absolute Gasteiger partial charge is 0.279 e. The predicted molar refractivity (Wildman–Crippen MR) is 99.5 cm³/mol. The van der Waals surface area contributed by atoms with E-state index in [-0.39, 0.29) is 11.8 Å². The summed E-state index contributed by atoms with van der Waals surface area (Å²) in [5.41, 5.74) is 1.47. The van der Waals surface area contributed by atoms with Crippen molar-refractivity contribution in [2.24, 2.45) is 0 Å². The molecule has 1 heterocycles. The molecule has 6 nitrogen and oxygen atoms in total. The Balaban J connectivity index is 1.46. The highest BCUT2D eigenvalue weighted by Crippen LogP contribution is 2.14. The van der Waals surface area contributed by atoms with Gasteiger partial charge >= 0.3 is 0 Å². The van der Waals surface area contributed by atoms with Crippen LogP contribution in [0.3, 0.4) is 0 Å². The quantitative estimate of drug-likeness (QED) is 0.830. The summed E-state index contributed by atoms with van der Waals surface area (Å²) < 4.78 is 5.11. The Morgan fingerprint density at radius 3 is 2.31 bits per heavy atom. The molecule has 0 aromatic heterocycles. The summed E-state index contributed by atoms with van der Waals surface area (Å²) in [6, 6.07) is 16.6. The van der Waals surface area contributed by atoms with Gasteiger partial charge in [0.1, 0.15) is 5.75 Å². The minimum atomic E-state index is -0.0204. The maximum atomic E-state index is 12.4. The molecule has 2 aromatic carbocycles. The standard InChI is InChI=1S/C20H23N3O3/c1-26-18-9-7-17(8-10-18)21-19(24)15-22-11-13-23(14-12-22)20(25)16-5-3-2-4-6-16/h2-10H,11-15H2,1H3,(H,21,24)/p+1. The second kappa shape index (κ2) is 8.49. The van der Waals surface area contributed by atoms with Crippen LogP contribution in [-0.4, -0.2) is 56.5 Å². The number of rotatable bonds is 5. The molecule has 1 saturated heterocycles. The Labute approximate surface area is 153 Å². The van der Waals surface area contributed by atoms with Gasteiger partial charge in [-0.15, -0.1) is 0 Å². The first kappa shape index (κ1) is 17.9. The fourth-order valence-corrected chi connectivity index (χ4v) is 3.07. The van der Waals surface area contributed by atoms with Gasteiger partial charge in [0.05, 0.1) is 33.3 Å². The summed E-state index contributed by atoms with van der Waals surface area (Å²) in [6.07, 6.45) is 0. The Bertz CT molecular complexity index is 739. The second-order valence-electron chi connectivity index (χ2n) is 6.36. The highest BCUT2D eigenvalue weighted by Gasteiger charge is 2.25. The van der Waals surface area contributed by atoms with E-state index in [1.54, 1.807) is 7.11 Å². The highest BCUT2D eigenvalue weighted by atomic mass is 16.5. The minimum Gasteiger partial charge on any atom is -0.497 e. The minimum absolute atomic E-state index is 0.0204. The number of nitrogens with zero attached hydrogens (tertiary/aromatic N) is 1. The van der Waals surface area contributed by atoms with Gasteiger partial charge in [-0.05, 0) is 36.4 Å². The molecule has 6 heteroatoms. The lowest BCUT2D eigenvalue weighted by Crippen LogP contribution is -3.15. The molecule has 2 aromatic rings. The van der Waals surface area contributed by atoms with Crippen molar-refractivity contribution in [2.45, 2.75) is 0 Å². The number of amides is 2. The van der Waals surface area contributed by atoms with Crippen LogP contribution in [0.15, 0.2) is 54.6 Å². The van der Waals surface area contributed by atoms with Gasteiger partial charge in [-0.25, -0.2) is 0 Å². The van der Waals surface area contributed by atoms with Crippen LogP contribution in [-0.2, 0) is 4.79 Å². The fourth-order valence-electron chi connectivity index (χ4n) is 3.07. The van der Waals surface area contributed by atoms with Gasteiger partial charge in [0.25, 0.3) is 11.8 Å². The molecular weight excluding hydrogens is 330 g/mol. The third kappa shape index (κ3) is 4.61. The summed E-state index contributed by atoms with van der Waals surface area (Å²) in [6.45, 7) is 3.28. The first-order valence-electron chi connectivity index (χ1n) is 8.77. The number of ether oxygens (including phenoxy) is 1. The van der Waals surface area contributed by atoms with E-state index in [4.69, 9.17) is 4.74 Å². The van der Waals surface area contributed by atoms with Crippen molar-refractivity contribution in [1.82, 2.24) is 4.90 Å². The Morgan fingerprint density at radius 2 is 1.69 bits per heavy atom. The third-order valence-electron chi connectivity index (χ3n) is 4.56. The molecule has 0 aliphatic carbocycles. The first-order valence-corrected chi connectivity index (χ1v) is 8.77. The second-order valence-corrected chi connectivity index (χ2v) is 6.36. The van der Waals surface area contributed by atoms with Gasteiger partial charge in [0.15, 0.2) is 6.54 Å². The maximum Gasteiger partial charge on any atom is 0.279 e. The molecular formula is C20H24N3O3+. The lowest BCUT2D eigenvalue weighted by Gasteiger charge is -2.32. The average molecular weight is 354 g/mol. The molecule has 1 aliphatic rings. The van der Waals surface area contributed by atoms with E-state index >= 15 is 0 Å². The Hall–Kier alpha value is -2.86. The Morgan fingerprint density at radius 1 is 1.04 bits per heavy atom. The van der Waals surface area contributed by atoms with E-state index in [1.807, 2.05) is 59.5 Å². The van der Waals surface area contributed by atoms with Crippen molar-refractivity contribution in [3.8, 4) is 5.75 Å². The van der Waals surface area contributed by atoms with Gasteiger partial charge in [0.2, 0.25) is 0 Å². The van der Waals surface area contributed by atoms with Crippen molar-refractivity contribution >= 4 is 17.5 Å². The largest absolute Gasteiger partial charge is 0.497 e. The van der Waals surface area contributed by atoms with Crippen LogP contribution in [0, 0.1) is 0 Å². The third-order valence-corrected chi connectivity index (χ3v) is 4.56.